The van der Waals surface area contributed by atoms with Gasteiger partial charge in [-0.05, 0) is 17.7 Å². The van der Waals surface area contributed by atoms with Crippen molar-refractivity contribution in [2.75, 3.05) is 11.1 Å². The van der Waals surface area contributed by atoms with E-state index in [1.165, 1.54) is 11.8 Å². The van der Waals surface area contributed by atoms with Gasteiger partial charge in [0.1, 0.15) is 0 Å². The molecule has 2 aromatic carbocycles. The number of hydrogen-bond donors (Lipinski definition) is 1. The second kappa shape index (κ2) is 9.05. The molecule has 140 valence electrons. The summed E-state index contributed by atoms with van der Waals surface area (Å²) in [7, 11) is 1.89. The zero-order valence-electron chi connectivity index (χ0n) is 14.4. The Morgan fingerprint density at radius 2 is 1.85 bits per heavy atom. The Morgan fingerprint density at radius 3 is 2.59 bits per heavy atom. The molecule has 1 N–H and O–H groups in total. The van der Waals surface area contributed by atoms with Gasteiger partial charge in [-0.25, -0.2) is 4.98 Å². The highest BCUT2D eigenvalue weighted by molar-refractivity contribution is 8.00. The third-order valence-electron chi connectivity index (χ3n) is 3.72. The van der Waals surface area contributed by atoms with E-state index in [0.29, 0.717) is 27.5 Å². The Hall–Kier alpha value is -2.32. The minimum Gasteiger partial charge on any atom is -0.324 e. The summed E-state index contributed by atoms with van der Waals surface area (Å²) in [6, 6.07) is 16.4. The van der Waals surface area contributed by atoms with Crippen LogP contribution in [0.25, 0.3) is 11.3 Å². The Morgan fingerprint density at radius 1 is 1.15 bits per heavy atom. The van der Waals surface area contributed by atoms with Crippen molar-refractivity contribution in [2.24, 2.45) is 7.05 Å². The fourth-order valence-electron chi connectivity index (χ4n) is 2.49. The fourth-order valence-corrected chi connectivity index (χ4v) is 3.84. The molecule has 1 aromatic heterocycles. The van der Waals surface area contributed by atoms with Gasteiger partial charge >= 0.3 is 0 Å². The SMILES string of the molecule is Cn1c(-c2ccccc2)cnc1SCC(=O)Nc1ccccc1SC(F)F. The number of imidazole rings is 1. The molecule has 1 heterocycles. The quantitative estimate of drug-likeness (QED) is 0.554. The molecule has 4 nitrogen and oxygen atoms in total. The second-order valence-electron chi connectivity index (χ2n) is 5.56. The highest BCUT2D eigenvalue weighted by atomic mass is 32.2. The minimum atomic E-state index is -2.54. The standard InChI is InChI=1S/C19H17F2N3OS2/c1-24-15(13-7-3-2-4-8-13)11-22-19(24)26-12-17(25)23-14-9-5-6-10-16(14)27-18(20)21/h2-11,18H,12H2,1H3,(H,23,25). The van der Waals surface area contributed by atoms with E-state index in [2.05, 4.69) is 10.3 Å². The second-order valence-corrected chi connectivity index (χ2v) is 7.54. The Kier molecular flexibility index (Phi) is 6.52. The van der Waals surface area contributed by atoms with Crippen LogP contribution in [0.1, 0.15) is 0 Å². The molecule has 0 aliphatic heterocycles. The number of para-hydroxylation sites is 1. The number of halogens is 2. The predicted molar refractivity (Wildman–Crippen MR) is 106 cm³/mol. The number of carbonyl (C=O) groups is 1. The molecule has 0 saturated carbocycles. The van der Waals surface area contributed by atoms with Gasteiger partial charge in [-0.1, -0.05) is 66.0 Å². The van der Waals surface area contributed by atoms with Crippen molar-refractivity contribution >= 4 is 35.1 Å². The molecule has 0 atom stereocenters. The molecular formula is C19H17F2N3OS2. The summed E-state index contributed by atoms with van der Waals surface area (Å²) < 4.78 is 27.2. The predicted octanol–water partition coefficient (Wildman–Crippen LogP) is 5.13. The van der Waals surface area contributed by atoms with Crippen molar-refractivity contribution in [1.29, 1.82) is 0 Å². The largest absolute Gasteiger partial charge is 0.324 e. The molecule has 0 saturated heterocycles. The lowest BCUT2D eigenvalue weighted by atomic mass is 10.2. The molecular weight excluding hydrogens is 388 g/mol. The van der Waals surface area contributed by atoms with Gasteiger partial charge in [-0.3, -0.25) is 4.79 Å². The van der Waals surface area contributed by atoms with Crippen LogP contribution >= 0.6 is 23.5 Å². The van der Waals surface area contributed by atoms with E-state index < -0.39 is 5.76 Å². The summed E-state index contributed by atoms with van der Waals surface area (Å²) in [6.45, 7) is 0. The highest BCUT2D eigenvalue weighted by Gasteiger charge is 2.14. The van der Waals surface area contributed by atoms with Crippen LogP contribution in [-0.4, -0.2) is 27.0 Å². The van der Waals surface area contributed by atoms with Crippen molar-refractivity contribution < 1.29 is 13.6 Å². The average Bonchev–Trinajstić information content (AvgIpc) is 3.02. The maximum Gasteiger partial charge on any atom is 0.288 e. The maximum atomic E-state index is 12.6. The topological polar surface area (TPSA) is 46.9 Å². The number of alkyl halides is 2. The maximum absolute atomic E-state index is 12.6. The first kappa shape index (κ1) is 19.4. The molecule has 0 fully saturated rings. The summed E-state index contributed by atoms with van der Waals surface area (Å²) in [6.07, 6.45) is 1.77. The van der Waals surface area contributed by atoms with Crippen molar-refractivity contribution in [3.05, 3.63) is 60.8 Å². The van der Waals surface area contributed by atoms with Crippen LogP contribution in [0, 0.1) is 0 Å². The number of rotatable bonds is 7. The number of thioether (sulfide) groups is 2. The molecule has 0 spiro atoms. The van der Waals surface area contributed by atoms with Gasteiger partial charge < -0.3 is 9.88 Å². The zero-order chi connectivity index (χ0) is 19.2. The number of anilines is 1. The Labute approximate surface area is 164 Å². The number of nitrogens with one attached hydrogen (secondary N) is 1. The minimum absolute atomic E-state index is 0.132. The van der Waals surface area contributed by atoms with Gasteiger partial charge in [-0.2, -0.15) is 8.78 Å². The lowest BCUT2D eigenvalue weighted by molar-refractivity contribution is -0.113. The van der Waals surface area contributed by atoms with Crippen LogP contribution in [-0.2, 0) is 11.8 Å². The molecule has 0 aliphatic rings. The molecule has 0 radical (unpaired) electrons. The van der Waals surface area contributed by atoms with Gasteiger partial charge in [0.25, 0.3) is 5.76 Å². The van der Waals surface area contributed by atoms with Crippen LogP contribution in [0.15, 0.2) is 70.8 Å². The number of carbonyl (C=O) groups excluding carboxylic acids is 1. The van der Waals surface area contributed by atoms with Gasteiger partial charge in [-0.15, -0.1) is 0 Å². The van der Waals surface area contributed by atoms with Crippen molar-refractivity contribution in [3.63, 3.8) is 0 Å². The molecule has 3 aromatic rings. The Balaban J connectivity index is 1.63. The van der Waals surface area contributed by atoms with Crippen LogP contribution < -0.4 is 5.32 Å². The molecule has 0 bridgehead atoms. The van der Waals surface area contributed by atoms with Gasteiger partial charge in [0.05, 0.1) is 23.3 Å². The van der Waals surface area contributed by atoms with E-state index in [4.69, 9.17) is 0 Å². The van der Waals surface area contributed by atoms with E-state index in [9.17, 15) is 13.6 Å². The van der Waals surface area contributed by atoms with E-state index >= 15 is 0 Å². The molecule has 0 aliphatic carbocycles. The van der Waals surface area contributed by atoms with Crippen LogP contribution in [0.5, 0.6) is 0 Å². The third kappa shape index (κ3) is 5.11. The highest BCUT2D eigenvalue weighted by Crippen LogP contribution is 2.32. The van der Waals surface area contributed by atoms with Crippen molar-refractivity contribution in [2.45, 2.75) is 15.8 Å². The number of hydrogen-bond acceptors (Lipinski definition) is 4. The summed E-state index contributed by atoms with van der Waals surface area (Å²) in [4.78, 5) is 17.0. The third-order valence-corrected chi connectivity index (χ3v) is 5.56. The number of nitrogens with zero attached hydrogens (tertiary/aromatic N) is 2. The summed E-state index contributed by atoms with van der Waals surface area (Å²) in [5, 5.41) is 3.40. The normalized spacial score (nSPS) is 11.0. The van der Waals surface area contributed by atoms with Crippen LogP contribution in [0.4, 0.5) is 14.5 Å². The molecule has 1 amide bonds. The van der Waals surface area contributed by atoms with E-state index in [0.717, 1.165) is 11.3 Å². The summed E-state index contributed by atoms with van der Waals surface area (Å²) >= 11 is 1.71. The van der Waals surface area contributed by atoms with Crippen molar-refractivity contribution in [3.8, 4) is 11.3 Å². The van der Waals surface area contributed by atoms with Crippen LogP contribution in [0.3, 0.4) is 0 Å². The lowest BCUT2D eigenvalue weighted by Crippen LogP contribution is -2.15. The van der Waals surface area contributed by atoms with Gasteiger partial charge in [0.2, 0.25) is 5.91 Å². The first-order valence-electron chi connectivity index (χ1n) is 8.08. The van der Waals surface area contributed by atoms with E-state index in [-0.39, 0.29) is 11.7 Å². The van der Waals surface area contributed by atoms with Crippen molar-refractivity contribution in [1.82, 2.24) is 9.55 Å². The first-order valence-corrected chi connectivity index (χ1v) is 9.94. The summed E-state index contributed by atoms with van der Waals surface area (Å²) in [5.41, 5.74) is 2.39. The smallest absolute Gasteiger partial charge is 0.288 e. The summed E-state index contributed by atoms with van der Waals surface area (Å²) in [5.74, 6) is -2.68. The molecule has 8 heteroatoms. The Bertz CT molecular complexity index is 916. The molecule has 3 rings (SSSR count). The van der Waals surface area contributed by atoms with E-state index in [1.54, 1.807) is 30.5 Å². The molecule has 27 heavy (non-hydrogen) atoms. The van der Waals surface area contributed by atoms with Crippen LogP contribution in [0.2, 0.25) is 0 Å². The number of benzene rings is 2. The zero-order valence-corrected chi connectivity index (χ0v) is 16.1. The number of amides is 1. The lowest BCUT2D eigenvalue weighted by Gasteiger charge is -2.10. The van der Waals surface area contributed by atoms with Gasteiger partial charge in [0.15, 0.2) is 5.16 Å². The van der Waals surface area contributed by atoms with Gasteiger partial charge in [0, 0.05) is 11.9 Å². The first-order chi connectivity index (χ1) is 13.0. The van der Waals surface area contributed by atoms with E-state index in [1.807, 2.05) is 41.9 Å². The fraction of sp³-hybridized carbons (Fsp3) is 0.158. The average molecular weight is 405 g/mol. The monoisotopic (exact) mass is 405 g/mol. The molecule has 0 unspecified atom stereocenters. The number of aromatic nitrogens is 2.